The highest BCUT2D eigenvalue weighted by molar-refractivity contribution is 5.91. The highest BCUT2D eigenvalue weighted by Crippen LogP contribution is 2.31. The monoisotopic (exact) mass is 262 g/mol. The zero-order valence-electron chi connectivity index (χ0n) is 11.0. The van der Waals surface area contributed by atoms with Crippen molar-refractivity contribution in [2.24, 2.45) is 7.05 Å². The Kier molecular flexibility index (Phi) is 1.65. The molecule has 0 spiro atoms. The van der Waals surface area contributed by atoms with Crippen LogP contribution in [0.15, 0.2) is 43.0 Å². The van der Waals surface area contributed by atoms with Crippen LogP contribution in [0.5, 0.6) is 0 Å². The molecule has 0 unspecified atom stereocenters. The molecule has 0 N–H and O–H groups in total. The van der Waals surface area contributed by atoms with E-state index in [2.05, 4.69) is 44.6 Å². The molecule has 5 heteroatoms. The third-order valence-electron chi connectivity index (χ3n) is 4.19. The lowest BCUT2D eigenvalue weighted by molar-refractivity contribution is -0.645. The number of rotatable bonds is 0. The molecule has 0 saturated heterocycles. The Hall–Kier alpha value is -2.69. The summed E-state index contributed by atoms with van der Waals surface area (Å²) in [6, 6.07) is 6.20. The van der Waals surface area contributed by atoms with E-state index in [-0.39, 0.29) is 0 Å². The molecule has 0 bridgehead atoms. The van der Waals surface area contributed by atoms with Crippen LogP contribution in [0.4, 0.5) is 0 Å². The lowest BCUT2D eigenvalue weighted by atomic mass is 10.2. The van der Waals surface area contributed by atoms with E-state index in [0.717, 1.165) is 12.1 Å². The van der Waals surface area contributed by atoms with Crippen LogP contribution in [0.3, 0.4) is 0 Å². The van der Waals surface area contributed by atoms with Crippen LogP contribution in [0.25, 0.3) is 27.9 Å². The van der Waals surface area contributed by atoms with Crippen LogP contribution < -0.4 is 4.57 Å². The van der Waals surface area contributed by atoms with Gasteiger partial charge in [-0.3, -0.25) is 4.98 Å². The van der Waals surface area contributed by atoms with Crippen LogP contribution in [0, 0.1) is 0 Å². The minimum atomic E-state index is 0.902. The van der Waals surface area contributed by atoms with E-state index in [4.69, 9.17) is 0 Å². The molecule has 0 atom stereocenters. The highest BCUT2D eigenvalue weighted by Gasteiger charge is 2.34. The molecule has 5 heterocycles. The van der Waals surface area contributed by atoms with Gasteiger partial charge in [0.2, 0.25) is 5.52 Å². The fourth-order valence-electron chi connectivity index (χ4n) is 3.32. The molecule has 20 heavy (non-hydrogen) atoms. The van der Waals surface area contributed by atoms with Crippen molar-refractivity contribution in [2.75, 3.05) is 0 Å². The summed E-state index contributed by atoms with van der Waals surface area (Å²) < 4.78 is 6.54. The molecular formula is C15H12N5+. The van der Waals surface area contributed by atoms with E-state index in [1.165, 1.54) is 28.0 Å². The lowest BCUT2D eigenvalue weighted by Crippen LogP contribution is -2.31. The summed E-state index contributed by atoms with van der Waals surface area (Å²) in [6.45, 7) is 0.902. The number of aryl methyl sites for hydroxylation is 1. The molecule has 5 rings (SSSR count). The minimum Gasteiger partial charge on any atom is -0.264 e. The van der Waals surface area contributed by atoms with E-state index in [1.807, 2.05) is 29.2 Å². The van der Waals surface area contributed by atoms with Gasteiger partial charge >= 0.3 is 0 Å². The van der Waals surface area contributed by atoms with Crippen molar-refractivity contribution in [2.45, 2.75) is 6.54 Å². The van der Waals surface area contributed by atoms with Gasteiger partial charge < -0.3 is 0 Å². The third kappa shape index (κ3) is 1.02. The van der Waals surface area contributed by atoms with E-state index in [9.17, 15) is 0 Å². The van der Waals surface area contributed by atoms with Gasteiger partial charge in [-0.15, -0.1) is 0 Å². The molecule has 4 aromatic rings. The van der Waals surface area contributed by atoms with Gasteiger partial charge in [0.1, 0.15) is 12.1 Å². The second-order valence-electron chi connectivity index (χ2n) is 5.22. The van der Waals surface area contributed by atoms with Crippen molar-refractivity contribution in [3.8, 4) is 11.4 Å². The smallest absolute Gasteiger partial charge is 0.264 e. The highest BCUT2D eigenvalue weighted by atomic mass is 15.3. The maximum atomic E-state index is 4.38. The average Bonchev–Trinajstić information content (AvgIpc) is 3.10. The summed E-state index contributed by atoms with van der Waals surface area (Å²) >= 11 is 0. The van der Waals surface area contributed by atoms with E-state index in [1.54, 1.807) is 0 Å². The largest absolute Gasteiger partial charge is 0.292 e. The molecule has 0 fully saturated rings. The summed E-state index contributed by atoms with van der Waals surface area (Å²) in [7, 11) is 2.11. The molecule has 0 aliphatic carbocycles. The molecule has 4 aromatic heterocycles. The zero-order chi connectivity index (χ0) is 13.3. The molecule has 5 nitrogen and oxygen atoms in total. The molecular weight excluding hydrogens is 250 g/mol. The van der Waals surface area contributed by atoms with Gasteiger partial charge in [-0.1, -0.05) is 0 Å². The van der Waals surface area contributed by atoms with Crippen LogP contribution in [0.1, 0.15) is 5.56 Å². The Morgan fingerprint density at radius 2 is 2.15 bits per heavy atom. The Morgan fingerprint density at radius 1 is 1.20 bits per heavy atom. The molecule has 0 radical (unpaired) electrons. The van der Waals surface area contributed by atoms with Crippen LogP contribution in [-0.4, -0.2) is 19.2 Å². The van der Waals surface area contributed by atoms with Crippen LogP contribution in [0.2, 0.25) is 0 Å². The summed E-state index contributed by atoms with van der Waals surface area (Å²) in [6.07, 6.45) is 7.73. The summed E-state index contributed by atoms with van der Waals surface area (Å²) in [5.41, 5.74) is 6.15. The van der Waals surface area contributed by atoms with Crippen LogP contribution in [-0.2, 0) is 13.6 Å². The van der Waals surface area contributed by atoms with E-state index >= 15 is 0 Å². The quantitative estimate of drug-likeness (QED) is 0.397. The Bertz CT molecular complexity index is 992. The number of hydrogen-bond donors (Lipinski definition) is 0. The first kappa shape index (κ1) is 10.1. The van der Waals surface area contributed by atoms with Gasteiger partial charge in [-0.25, -0.2) is 13.6 Å². The van der Waals surface area contributed by atoms with Gasteiger partial charge in [0.05, 0.1) is 18.8 Å². The average molecular weight is 262 g/mol. The lowest BCUT2D eigenvalue weighted by Gasteiger charge is -1.94. The fraction of sp³-hybridized carbons (Fsp3) is 0.133. The Balaban J connectivity index is 1.99. The molecule has 1 aliphatic rings. The maximum absolute atomic E-state index is 4.38. The predicted molar refractivity (Wildman–Crippen MR) is 74.2 cm³/mol. The first-order valence-electron chi connectivity index (χ1n) is 6.62. The summed E-state index contributed by atoms with van der Waals surface area (Å²) in [5.74, 6) is 1.23. The number of pyridine rings is 1. The van der Waals surface area contributed by atoms with E-state index in [0.29, 0.717) is 0 Å². The van der Waals surface area contributed by atoms with Crippen molar-refractivity contribution in [3.05, 3.63) is 48.5 Å². The number of fused-ring (bicyclic) bond motifs is 7. The second-order valence-corrected chi connectivity index (χ2v) is 5.22. The van der Waals surface area contributed by atoms with Gasteiger partial charge in [-0.2, -0.15) is 5.10 Å². The standard InChI is InChI=1S/C15H12N5/c1-18-13-9-20-12(3-2-5-17-20)14(13)19-8-10-4-6-16-7-11(10)15(18)19/h2-7,9H,8H2,1H3/q+1. The fourth-order valence-corrected chi connectivity index (χ4v) is 3.32. The number of aromatic nitrogens is 5. The molecule has 0 aromatic carbocycles. The molecule has 0 saturated carbocycles. The number of nitrogens with zero attached hydrogens (tertiary/aromatic N) is 5. The number of hydrogen-bond acceptors (Lipinski definition) is 2. The minimum absolute atomic E-state index is 0.902. The first-order chi connectivity index (χ1) is 9.84. The zero-order valence-corrected chi connectivity index (χ0v) is 11.0. The van der Waals surface area contributed by atoms with Crippen molar-refractivity contribution in [1.29, 1.82) is 0 Å². The molecule has 96 valence electrons. The first-order valence-corrected chi connectivity index (χ1v) is 6.62. The topological polar surface area (TPSA) is 39.0 Å². The van der Waals surface area contributed by atoms with Gasteiger partial charge in [0.15, 0.2) is 5.52 Å². The van der Waals surface area contributed by atoms with Gasteiger partial charge in [-0.05, 0) is 18.2 Å². The van der Waals surface area contributed by atoms with Gasteiger partial charge in [0.25, 0.3) is 5.82 Å². The van der Waals surface area contributed by atoms with E-state index < -0.39 is 0 Å². The van der Waals surface area contributed by atoms with Crippen molar-refractivity contribution in [3.63, 3.8) is 0 Å². The third-order valence-corrected chi connectivity index (χ3v) is 4.19. The second kappa shape index (κ2) is 3.25. The van der Waals surface area contributed by atoms with Crippen molar-refractivity contribution < 1.29 is 4.57 Å². The normalized spacial score (nSPS) is 13.1. The van der Waals surface area contributed by atoms with Crippen LogP contribution >= 0.6 is 0 Å². The molecule has 1 aliphatic heterocycles. The Labute approximate surface area is 114 Å². The maximum Gasteiger partial charge on any atom is 0.292 e. The summed E-state index contributed by atoms with van der Waals surface area (Å²) in [5, 5.41) is 4.38. The van der Waals surface area contributed by atoms with Crippen molar-refractivity contribution >= 4 is 16.6 Å². The number of imidazole rings is 1. The predicted octanol–water partition coefficient (Wildman–Crippen LogP) is 1.54. The summed E-state index contributed by atoms with van der Waals surface area (Å²) in [4.78, 5) is 4.27. The van der Waals surface area contributed by atoms with Crippen molar-refractivity contribution in [1.82, 2.24) is 19.2 Å². The van der Waals surface area contributed by atoms with Gasteiger partial charge in [0, 0.05) is 24.2 Å². The SMILES string of the molecule is Cn1c2[n+](c3c1cn1ncccc31)Cc1ccncc1-2. The Morgan fingerprint density at radius 3 is 3.10 bits per heavy atom. The molecule has 0 amide bonds.